The van der Waals surface area contributed by atoms with Gasteiger partial charge in [0.2, 0.25) is 5.91 Å². The molecule has 2 unspecified atom stereocenters. The molecular weight excluding hydrogens is 268 g/mol. The van der Waals surface area contributed by atoms with Crippen molar-refractivity contribution in [1.29, 1.82) is 0 Å². The van der Waals surface area contributed by atoms with Crippen LogP contribution in [0.25, 0.3) is 10.9 Å². The molecule has 0 bridgehead atoms. The highest BCUT2D eigenvalue weighted by Gasteiger charge is 2.33. The Bertz CT molecular complexity index is 717. The predicted octanol–water partition coefficient (Wildman–Crippen LogP) is 2.77. The highest BCUT2D eigenvalue weighted by Crippen LogP contribution is 2.27. The highest BCUT2D eigenvalue weighted by molar-refractivity contribution is 5.97. The Hall–Kier alpha value is -2.56. The number of carboxylic acids is 1. The number of nitrogens with one attached hydrogen (secondary N) is 2. The van der Waals surface area contributed by atoms with Gasteiger partial charge in [-0.25, -0.2) is 0 Å². The number of hydrogen-bond acceptors (Lipinski definition) is 2. The maximum Gasteiger partial charge on any atom is 0.307 e. The largest absolute Gasteiger partial charge is 0.481 e. The summed E-state index contributed by atoms with van der Waals surface area (Å²) in [4.78, 5) is 26.7. The average Bonchev–Trinajstić information content (AvgIpc) is 2.94. The molecule has 1 aliphatic rings. The molecule has 5 heteroatoms. The number of hydrogen-bond donors (Lipinski definition) is 3. The van der Waals surface area contributed by atoms with Crippen LogP contribution in [0, 0.1) is 11.8 Å². The molecule has 2 aromatic rings. The van der Waals surface area contributed by atoms with E-state index in [1.54, 1.807) is 0 Å². The van der Waals surface area contributed by atoms with Crippen molar-refractivity contribution in [3.8, 4) is 0 Å². The summed E-state index contributed by atoms with van der Waals surface area (Å²) < 4.78 is 0. The lowest BCUT2D eigenvalue weighted by molar-refractivity contribution is -0.146. The van der Waals surface area contributed by atoms with E-state index >= 15 is 0 Å². The van der Waals surface area contributed by atoms with Crippen LogP contribution in [0.5, 0.6) is 0 Å². The van der Waals surface area contributed by atoms with Gasteiger partial charge in [-0.1, -0.05) is 12.2 Å². The standard InChI is InChI=1S/C16H16N2O3/c19-15(12-3-1-2-4-13(12)16(20)21)18-11-5-6-14-10(9-11)7-8-17-14/h1-2,5-9,12-13,17H,3-4H2,(H,18,19)(H,20,21). The second-order valence-corrected chi connectivity index (χ2v) is 5.26. The molecule has 0 fully saturated rings. The molecule has 2 atom stereocenters. The van der Waals surface area contributed by atoms with Crippen molar-refractivity contribution < 1.29 is 14.7 Å². The maximum absolute atomic E-state index is 12.3. The van der Waals surface area contributed by atoms with Gasteiger partial charge >= 0.3 is 5.97 Å². The average molecular weight is 284 g/mol. The van der Waals surface area contributed by atoms with Gasteiger partial charge < -0.3 is 15.4 Å². The van der Waals surface area contributed by atoms with Crippen molar-refractivity contribution in [2.45, 2.75) is 12.8 Å². The summed E-state index contributed by atoms with van der Waals surface area (Å²) in [6, 6.07) is 7.50. The van der Waals surface area contributed by atoms with E-state index in [-0.39, 0.29) is 5.91 Å². The van der Waals surface area contributed by atoms with Gasteiger partial charge in [-0.2, -0.15) is 0 Å². The summed E-state index contributed by atoms with van der Waals surface area (Å²) in [6.45, 7) is 0. The van der Waals surface area contributed by atoms with Crippen molar-refractivity contribution in [3.63, 3.8) is 0 Å². The molecule has 1 aromatic carbocycles. The van der Waals surface area contributed by atoms with Gasteiger partial charge in [0, 0.05) is 22.8 Å². The molecule has 0 aliphatic heterocycles. The molecule has 21 heavy (non-hydrogen) atoms. The van der Waals surface area contributed by atoms with E-state index in [9.17, 15) is 14.7 Å². The number of carboxylic acid groups (broad SMARTS) is 1. The first-order chi connectivity index (χ1) is 10.1. The van der Waals surface area contributed by atoms with Crippen LogP contribution in [-0.4, -0.2) is 22.0 Å². The minimum absolute atomic E-state index is 0.235. The number of aromatic amines is 1. The van der Waals surface area contributed by atoms with Crippen molar-refractivity contribution in [2.75, 3.05) is 5.32 Å². The topological polar surface area (TPSA) is 82.2 Å². The number of aromatic nitrogens is 1. The van der Waals surface area contributed by atoms with Gasteiger partial charge in [-0.05, 0) is 37.1 Å². The van der Waals surface area contributed by atoms with E-state index in [4.69, 9.17) is 0 Å². The summed E-state index contributed by atoms with van der Waals surface area (Å²) >= 11 is 0. The summed E-state index contributed by atoms with van der Waals surface area (Å²) in [5.41, 5.74) is 1.68. The number of amides is 1. The third kappa shape index (κ3) is 2.67. The number of rotatable bonds is 3. The molecule has 0 spiro atoms. The van der Waals surface area contributed by atoms with E-state index < -0.39 is 17.8 Å². The number of benzene rings is 1. The predicted molar refractivity (Wildman–Crippen MR) is 79.9 cm³/mol. The summed E-state index contributed by atoms with van der Waals surface area (Å²) in [7, 11) is 0. The molecule has 0 radical (unpaired) electrons. The number of anilines is 1. The van der Waals surface area contributed by atoms with Crippen LogP contribution < -0.4 is 5.32 Å². The smallest absolute Gasteiger partial charge is 0.307 e. The van der Waals surface area contributed by atoms with Gasteiger partial charge in [-0.3, -0.25) is 9.59 Å². The second-order valence-electron chi connectivity index (χ2n) is 5.26. The van der Waals surface area contributed by atoms with Crippen LogP contribution in [-0.2, 0) is 9.59 Å². The molecule has 1 aliphatic carbocycles. The summed E-state index contributed by atoms with van der Waals surface area (Å²) in [5, 5.41) is 13.1. The van der Waals surface area contributed by atoms with Gasteiger partial charge in [0.25, 0.3) is 0 Å². The zero-order valence-corrected chi connectivity index (χ0v) is 11.4. The Morgan fingerprint density at radius 2 is 1.90 bits per heavy atom. The fourth-order valence-corrected chi connectivity index (χ4v) is 2.74. The van der Waals surface area contributed by atoms with E-state index in [0.29, 0.717) is 18.5 Å². The molecule has 108 valence electrons. The Morgan fingerprint density at radius 3 is 2.67 bits per heavy atom. The lowest BCUT2D eigenvalue weighted by atomic mass is 9.82. The fraction of sp³-hybridized carbons (Fsp3) is 0.250. The first-order valence-corrected chi connectivity index (χ1v) is 6.91. The van der Waals surface area contributed by atoms with Crippen molar-refractivity contribution in [1.82, 2.24) is 4.98 Å². The number of allylic oxidation sites excluding steroid dienone is 2. The Balaban J connectivity index is 1.78. The van der Waals surface area contributed by atoms with Crippen LogP contribution in [0.15, 0.2) is 42.6 Å². The second kappa shape index (κ2) is 5.44. The van der Waals surface area contributed by atoms with Crippen LogP contribution in [0.2, 0.25) is 0 Å². The normalized spacial score (nSPS) is 21.3. The molecule has 3 rings (SSSR count). The molecule has 1 heterocycles. The Morgan fingerprint density at radius 1 is 1.14 bits per heavy atom. The Labute approximate surface area is 121 Å². The molecule has 3 N–H and O–H groups in total. The first-order valence-electron chi connectivity index (χ1n) is 6.91. The maximum atomic E-state index is 12.3. The quantitative estimate of drug-likeness (QED) is 0.758. The minimum atomic E-state index is -0.916. The SMILES string of the molecule is O=C(O)C1CC=CCC1C(=O)Nc1ccc2[nH]ccc2c1. The number of fused-ring (bicyclic) bond motifs is 1. The number of carbonyl (C=O) groups is 2. The lowest BCUT2D eigenvalue weighted by Gasteiger charge is -2.24. The molecule has 1 amide bonds. The first kappa shape index (κ1) is 13.4. The van der Waals surface area contributed by atoms with Crippen LogP contribution in [0.1, 0.15) is 12.8 Å². The van der Waals surface area contributed by atoms with Crippen LogP contribution in [0.3, 0.4) is 0 Å². The number of carbonyl (C=O) groups excluding carboxylic acids is 1. The molecule has 0 saturated carbocycles. The van der Waals surface area contributed by atoms with E-state index in [2.05, 4.69) is 10.3 Å². The van der Waals surface area contributed by atoms with Gasteiger partial charge in [0.05, 0.1) is 11.8 Å². The lowest BCUT2D eigenvalue weighted by Crippen LogP contribution is -2.34. The number of aliphatic carboxylic acids is 1. The van der Waals surface area contributed by atoms with Gasteiger partial charge in [0.15, 0.2) is 0 Å². The van der Waals surface area contributed by atoms with Crippen molar-refractivity contribution in [2.24, 2.45) is 11.8 Å². The minimum Gasteiger partial charge on any atom is -0.481 e. The molecule has 1 aromatic heterocycles. The number of H-pyrrole nitrogens is 1. The Kier molecular flexibility index (Phi) is 3.48. The summed E-state index contributed by atoms with van der Waals surface area (Å²) in [5.74, 6) is -2.32. The zero-order valence-electron chi connectivity index (χ0n) is 11.4. The fourth-order valence-electron chi connectivity index (χ4n) is 2.74. The third-order valence-corrected chi connectivity index (χ3v) is 3.91. The zero-order chi connectivity index (χ0) is 14.8. The van der Waals surface area contributed by atoms with Crippen LogP contribution in [0.4, 0.5) is 5.69 Å². The molecule has 0 saturated heterocycles. The monoisotopic (exact) mass is 284 g/mol. The molecular formula is C16H16N2O3. The van der Waals surface area contributed by atoms with E-state index in [0.717, 1.165) is 10.9 Å². The van der Waals surface area contributed by atoms with Crippen molar-refractivity contribution in [3.05, 3.63) is 42.6 Å². The van der Waals surface area contributed by atoms with Crippen molar-refractivity contribution >= 4 is 28.5 Å². The summed E-state index contributed by atoms with van der Waals surface area (Å²) in [6.07, 6.45) is 6.41. The highest BCUT2D eigenvalue weighted by atomic mass is 16.4. The van der Waals surface area contributed by atoms with E-state index in [1.807, 2.05) is 42.6 Å². The molecule has 5 nitrogen and oxygen atoms in total. The van der Waals surface area contributed by atoms with Gasteiger partial charge in [-0.15, -0.1) is 0 Å². The van der Waals surface area contributed by atoms with Crippen LogP contribution >= 0.6 is 0 Å². The van der Waals surface area contributed by atoms with Gasteiger partial charge in [0.1, 0.15) is 0 Å². The van der Waals surface area contributed by atoms with E-state index in [1.165, 1.54) is 0 Å². The third-order valence-electron chi connectivity index (χ3n) is 3.91.